The van der Waals surface area contributed by atoms with Crippen LogP contribution >= 0.6 is 0 Å². The minimum atomic E-state index is -0.422. The zero-order chi connectivity index (χ0) is 20.7. The molecule has 4 aliphatic heterocycles. The molecule has 5 rings (SSSR count). The van der Waals surface area contributed by atoms with E-state index in [1.165, 1.54) is 0 Å². The zero-order valence-corrected chi connectivity index (χ0v) is 17.6. The molecule has 0 aliphatic carbocycles. The van der Waals surface area contributed by atoms with Crippen molar-refractivity contribution in [1.82, 2.24) is 9.80 Å². The number of morpholine rings is 1. The van der Waals surface area contributed by atoms with Crippen molar-refractivity contribution in [3.05, 3.63) is 23.8 Å². The molecule has 3 atom stereocenters. The number of rotatable bonds is 5. The van der Waals surface area contributed by atoms with Gasteiger partial charge in [-0.15, -0.1) is 0 Å². The zero-order valence-electron chi connectivity index (χ0n) is 17.6. The van der Waals surface area contributed by atoms with Gasteiger partial charge in [0.15, 0.2) is 11.5 Å². The number of amides is 2. The molecule has 4 heterocycles. The average molecular weight is 415 g/mol. The van der Waals surface area contributed by atoms with Crippen LogP contribution in [0.25, 0.3) is 0 Å². The molecule has 0 saturated carbocycles. The van der Waals surface area contributed by atoms with Crippen LogP contribution in [0.4, 0.5) is 0 Å². The molecule has 1 aromatic carbocycles. The maximum absolute atomic E-state index is 13.5. The fourth-order valence-corrected chi connectivity index (χ4v) is 5.88. The first-order valence-electron chi connectivity index (χ1n) is 11.2. The van der Waals surface area contributed by atoms with Crippen LogP contribution in [0.5, 0.6) is 11.5 Å². The van der Waals surface area contributed by atoms with Gasteiger partial charge in [-0.25, -0.2) is 0 Å². The molecule has 4 aliphatic rings. The number of benzene rings is 1. The van der Waals surface area contributed by atoms with Crippen molar-refractivity contribution in [1.29, 1.82) is 0 Å². The lowest BCUT2D eigenvalue weighted by Gasteiger charge is -2.40. The lowest BCUT2D eigenvalue weighted by molar-refractivity contribution is -0.149. The standard InChI is InChI=1S/C23H30N2O5/c1-2-23(22(27)24-9-11-28-12-10-24)14-17-5-7-20(23)25(17)21(26)8-4-16-3-6-18-19(13-16)30-15-29-18/h3,6,13,17,20H,2,4-5,7-12,14-15H2,1H3/t17-,20+,23+/m1/s1. The lowest BCUT2D eigenvalue weighted by Crippen LogP contribution is -2.53. The van der Waals surface area contributed by atoms with Gasteiger partial charge in [0.05, 0.1) is 18.6 Å². The first-order chi connectivity index (χ1) is 14.6. The van der Waals surface area contributed by atoms with E-state index >= 15 is 0 Å². The van der Waals surface area contributed by atoms with Crippen LogP contribution in [0, 0.1) is 5.41 Å². The Balaban J connectivity index is 1.28. The molecule has 2 bridgehead atoms. The summed E-state index contributed by atoms with van der Waals surface area (Å²) in [5, 5.41) is 0. The highest BCUT2D eigenvalue weighted by Crippen LogP contribution is 2.53. The highest BCUT2D eigenvalue weighted by atomic mass is 16.7. The maximum Gasteiger partial charge on any atom is 0.231 e. The van der Waals surface area contributed by atoms with Crippen molar-refractivity contribution in [3.63, 3.8) is 0 Å². The average Bonchev–Trinajstić information content (AvgIpc) is 3.50. The van der Waals surface area contributed by atoms with Gasteiger partial charge in [0, 0.05) is 31.6 Å². The molecule has 30 heavy (non-hydrogen) atoms. The summed E-state index contributed by atoms with van der Waals surface area (Å²) < 4.78 is 16.2. The number of nitrogens with zero attached hydrogens (tertiary/aromatic N) is 2. The second-order valence-corrected chi connectivity index (χ2v) is 8.85. The van der Waals surface area contributed by atoms with E-state index in [1.807, 2.05) is 23.1 Å². The predicted octanol–water partition coefficient (Wildman–Crippen LogP) is 2.37. The van der Waals surface area contributed by atoms with E-state index in [-0.39, 0.29) is 30.7 Å². The molecule has 0 unspecified atom stereocenters. The van der Waals surface area contributed by atoms with Crippen molar-refractivity contribution in [2.75, 3.05) is 33.1 Å². The van der Waals surface area contributed by atoms with Crippen LogP contribution < -0.4 is 9.47 Å². The SMILES string of the molecule is CC[C@]1(C(=O)N2CCOCC2)C[C@H]2CC[C@@H]1N2C(=O)CCc1ccc2c(c1)OCO2. The van der Waals surface area contributed by atoms with E-state index in [2.05, 4.69) is 11.8 Å². The van der Waals surface area contributed by atoms with Crippen LogP contribution in [0.15, 0.2) is 18.2 Å². The smallest absolute Gasteiger partial charge is 0.231 e. The molecular weight excluding hydrogens is 384 g/mol. The molecule has 0 radical (unpaired) electrons. The Bertz CT molecular complexity index is 837. The molecule has 7 heteroatoms. The Morgan fingerprint density at radius 1 is 1.13 bits per heavy atom. The Kier molecular flexibility index (Phi) is 5.09. The summed E-state index contributed by atoms with van der Waals surface area (Å²) in [6.45, 7) is 4.90. The second-order valence-electron chi connectivity index (χ2n) is 8.85. The van der Waals surface area contributed by atoms with Crippen molar-refractivity contribution < 1.29 is 23.8 Å². The minimum absolute atomic E-state index is 0.0344. The Hall–Kier alpha value is -2.28. The van der Waals surface area contributed by atoms with Gasteiger partial charge >= 0.3 is 0 Å². The fraction of sp³-hybridized carbons (Fsp3) is 0.652. The van der Waals surface area contributed by atoms with Crippen LogP contribution in [-0.2, 0) is 20.7 Å². The molecule has 7 nitrogen and oxygen atoms in total. The van der Waals surface area contributed by atoms with Gasteiger partial charge in [0.1, 0.15) is 0 Å². The van der Waals surface area contributed by atoms with Gasteiger partial charge in [-0.1, -0.05) is 13.0 Å². The Morgan fingerprint density at radius 2 is 1.93 bits per heavy atom. The van der Waals surface area contributed by atoms with E-state index in [9.17, 15) is 9.59 Å². The largest absolute Gasteiger partial charge is 0.454 e. The first kappa shape index (κ1) is 19.7. The number of fused-ring (bicyclic) bond motifs is 3. The molecule has 0 aromatic heterocycles. The van der Waals surface area contributed by atoms with Gasteiger partial charge in [0.2, 0.25) is 18.6 Å². The summed E-state index contributed by atoms with van der Waals surface area (Å²) in [5.74, 6) is 1.92. The molecule has 3 fully saturated rings. The minimum Gasteiger partial charge on any atom is -0.454 e. The fourth-order valence-electron chi connectivity index (χ4n) is 5.88. The molecule has 0 N–H and O–H groups in total. The number of ether oxygens (including phenoxy) is 3. The molecule has 2 amide bonds. The molecule has 1 aromatic rings. The topological polar surface area (TPSA) is 68.3 Å². The Labute approximate surface area is 177 Å². The van der Waals surface area contributed by atoms with Crippen molar-refractivity contribution in [2.45, 2.75) is 57.5 Å². The van der Waals surface area contributed by atoms with Crippen LogP contribution in [0.3, 0.4) is 0 Å². The van der Waals surface area contributed by atoms with Crippen molar-refractivity contribution >= 4 is 11.8 Å². The summed E-state index contributed by atoms with van der Waals surface area (Å²) in [7, 11) is 0. The summed E-state index contributed by atoms with van der Waals surface area (Å²) in [5.41, 5.74) is 0.652. The highest BCUT2D eigenvalue weighted by Gasteiger charge is 2.60. The number of hydrogen-bond donors (Lipinski definition) is 0. The van der Waals surface area contributed by atoms with Gasteiger partial charge < -0.3 is 24.0 Å². The number of aryl methyl sites for hydroxylation is 1. The van der Waals surface area contributed by atoms with Gasteiger partial charge in [-0.05, 0) is 49.8 Å². The first-order valence-corrected chi connectivity index (χ1v) is 11.2. The van der Waals surface area contributed by atoms with E-state index in [0.29, 0.717) is 39.1 Å². The van der Waals surface area contributed by atoms with Crippen LogP contribution in [-0.4, -0.2) is 66.8 Å². The summed E-state index contributed by atoms with van der Waals surface area (Å²) in [6, 6.07) is 6.10. The lowest BCUT2D eigenvalue weighted by atomic mass is 9.70. The normalized spacial score (nSPS) is 29.5. The van der Waals surface area contributed by atoms with E-state index in [0.717, 1.165) is 42.7 Å². The quantitative estimate of drug-likeness (QED) is 0.740. The maximum atomic E-state index is 13.5. The highest BCUT2D eigenvalue weighted by molar-refractivity contribution is 5.87. The number of hydrogen-bond acceptors (Lipinski definition) is 5. The molecule has 3 saturated heterocycles. The van der Waals surface area contributed by atoms with E-state index in [4.69, 9.17) is 14.2 Å². The van der Waals surface area contributed by atoms with Gasteiger partial charge in [-0.3, -0.25) is 9.59 Å². The summed E-state index contributed by atoms with van der Waals surface area (Å²) in [4.78, 5) is 30.8. The summed E-state index contributed by atoms with van der Waals surface area (Å²) >= 11 is 0. The van der Waals surface area contributed by atoms with E-state index in [1.54, 1.807) is 0 Å². The third kappa shape index (κ3) is 3.14. The van der Waals surface area contributed by atoms with Crippen molar-refractivity contribution in [3.8, 4) is 11.5 Å². The summed E-state index contributed by atoms with van der Waals surface area (Å²) in [6.07, 6.45) is 4.67. The predicted molar refractivity (Wildman–Crippen MR) is 109 cm³/mol. The molecule has 0 spiro atoms. The molecule has 162 valence electrons. The number of carbonyl (C=O) groups is 2. The van der Waals surface area contributed by atoms with Gasteiger partial charge in [-0.2, -0.15) is 0 Å². The third-order valence-electron chi connectivity index (χ3n) is 7.45. The number of carbonyl (C=O) groups excluding carboxylic acids is 2. The Morgan fingerprint density at radius 3 is 2.73 bits per heavy atom. The van der Waals surface area contributed by atoms with E-state index < -0.39 is 5.41 Å². The van der Waals surface area contributed by atoms with Crippen LogP contribution in [0.1, 0.15) is 44.6 Å². The second kappa shape index (κ2) is 7.76. The van der Waals surface area contributed by atoms with Crippen LogP contribution in [0.2, 0.25) is 0 Å². The monoisotopic (exact) mass is 414 g/mol. The van der Waals surface area contributed by atoms with Crippen molar-refractivity contribution in [2.24, 2.45) is 5.41 Å². The molecular formula is C23H30N2O5. The van der Waals surface area contributed by atoms with Gasteiger partial charge in [0.25, 0.3) is 0 Å². The third-order valence-corrected chi connectivity index (χ3v) is 7.45.